The lowest BCUT2D eigenvalue weighted by Gasteiger charge is -2.39. The van der Waals surface area contributed by atoms with Gasteiger partial charge in [0.25, 0.3) is 0 Å². The Labute approximate surface area is 128 Å². The second kappa shape index (κ2) is 7.69. The highest BCUT2D eigenvalue weighted by Gasteiger charge is 2.43. The Hall–Kier alpha value is -1.47. The first kappa shape index (κ1) is 18.6. The van der Waals surface area contributed by atoms with Crippen molar-refractivity contribution in [2.45, 2.75) is 57.7 Å². The van der Waals surface area contributed by atoms with Crippen molar-refractivity contribution in [2.75, 3.05) is 19.6 Å². The molecule has 0 bridgehead atoms. The minimum Gasteiger partial charge on any atom is -0.341 e. The third-order valence-corrected chi connectivity index (χ3v) is 3.97. The van der Waals surface area contributed by atoms with Gasteiger partial charge >= 0.3 is 12.2 Å². The van der Waals surface area contributed by atoms with Gasteiger partial charge in [-0.25, -0.2) is 4.79 Å². The van der Waals surface area contributed by atoms with Crippen LogP contribution in [-0.4, -0.2) is 48.2 Å². The van der Waals surface area contributed by atoms with Crippen molar-refractivity contribution in [2.24, 2.45) is 0 Å². The number of nitrogens with zero attached hydrogens (tertiary/aromatic N) is 1. The molecule has 128 valence electrons. The van der Waals surface area contributed by atoms with Crippen molar-refractivity contribution in [3.8, 4) is 0 Å². The summed E-state index contributed by atoms with van der Waals surface area (Å²) in [5.41, 5.74) is -1.08. The Morgan fingerprint density at radius 2 is 1.64 bits per heavy atom. The summed E-state index contributed by atoms with van der Waals surface area (Å²) >= 11 is 0. The fourth-order valence-electron chi connectivity index (χ4n) is 2.80. The van der Waals surface area contributed by atoms with E-state index in [0.717, 1.165) is 19.3 Å². The van der Waals surface area contributed by atoms with Crippen molar-refractivity contribution >= 4 is 11.9 Å². The number of amides is 3. The molecule has 8 heteroatoms. The average Bonchev–Trinajstić information content (AvgIpc) is 2.46. The number of nitrogens with one attached hydrogen (secondary N) is 2. The molecule has 0 aromatic heterocycles. The highest BCUT2D eigenvalue weighted by molar-refractivity contribution is 5.91. The van der Waals surface area contributed by atoms with Gasteiger partial charge < -0.3 is 15.5 Å². The van der Waals surface area contributed by atoms with Crippen LogP contribution in [0.2, 0.25) is 0 Å². The van der Waals surface area contributed by atoms with Gasteiger partial charge in [-0.1, -0.05) is 19.3 Å². The zero-order valence-corrected chi connectivity index (χ0v) is 13.1. The summed E-state index contributed by atoms with van der Waals surface area (Å²) in [6.45, 7) is 3.27. The van der Waals surface area contributed by atoms with E-state index in [-0.39, 0.29) is 5.91 Å². The predicted octanol–water partition coefficient (Wildman–Crippen LogP) is 2.42. The van der Waals surface area contributed by atoms with Crippen LogP contribution in [0.4, 0.5) is 18.0 Å². The van der Waals surface area contributed by atoms with E-state index in [2.05, 4.69) is 5.32 Å². The van der Waals surface area contributed by atoms with Gasteiger partial charge in [0, 0.05) is 13.1 Å². The average molecular weight is 323 g/mol. The molecule has 1 fully saturated rings. The maximum atomic E-state index is 12.7. The molecular formula is C14H24F3N3O2. The van der Waals surface area contributed by atoms with Crippen molar-refractivity contribution in [3.05, 3.63) is 0 Å². The van der Waals surface area contributed by atoms with Crippen molar-refractivity contribution in [1.29, 1.82) is 0 Å². The molecule has 0 unspecified atom stereocenters. The zero-order valence-electron chi connectivity index (χ0n) is 13.1. The van der Waals surface area contributed by atoms with Crippen LogP contribution in [0.1, 0.15) is 46.0 Å². The predicted molar refractivity (Wildman–Crippen MR) is 76.3 cm³/mol. The fraction of sp³-hybridized carbons (Fsp3) is 0.857. The normalized spacial score (nSPS) is 17.7. The summed E-state index contributed by atoms with van der Waals surface area (Å²) in [6, 6.07) is -0.945. The van der Waals surface area contributed by atoms with Gasteiger partial charge in [-0.2, -0.15) is 13.2 Å². The molecule has 2 N–H and O–H groups in total. The second-order valence-electron chi connectivity index (χ2n) is 5.54. The van der Waals surface area contributed by atoms with Crippen LogP contribution < -0.4 is 10.6 Å². The SMILES string of the molecule is CCN(CC)C(=O)C1(NC(=O)NCC(F)(F)F)CCCCC1. The number of rotatable bonds is 5. The first-order valence-corrected chi connectivity index (χ1v) is 7.66. The summed E-state index contributed by atoms with van der Waals surface area (Å²) in [4.78, 5) is 26.1. The van der Waals surface area contributed by atoms with Gasteiger partial charge in [0.1, 0.15) is 12.1 Å². The monoisotopic (exact) mass is 323 g/mol. The molecule has 0 atom stereocenters. The number of hydrogen-bond donors (Lipinski definition) is 2. The second-order valence-corrected chi connectivity index (χ2v) is 5.54. The molecule has 1 rings (SSSR count). The highest BCUT2D eigenvalue weighted by atomic mass is 19.4. The van der Waals surface area contributed by atoms with Crippen LogP contribution in [0.5, 0.6) is 0 Å². The lowest BCUT2D eigenvalue weighted by Crippen LogP contribution is -2.62. The molecule has 1 aliphatic rings. The maximum Gasteiger partial charge on any atom is 0.405 e. The number of carbonyl (C=O) groups is 2. The number of likely N-dealkylation sites (N-methyl/N-ethyl adjacent to an activating group) is 1. The van der Waals surface area contributed by atoms with Crippen molar-refractivity contribution in [1.82, 2.24) is 15.5 Å². The Bertz CT molecular complexity index is 389. The van der Waals surface area contributed by atoms with Gasteiger partial charge in [0.05, 0.1) is 0 Å². The lowest BCUT2D eigenvalue weighted by atomic mass is 9.80. The minimum atomic E-state index is -4.47. The lowest BCUT2D eigenvalue weighted by molar-refractivity contribution is -0.139. The van der Waals surface area contributed by atoms with Crippen LogP contribution in [0.25, 0.3) is 0 Å². The standard InChI is InChI=1S/C14H24F3N3O2/c1-3-20(4-2)11(21)13(8-6-5-7-9-13)19-12(22)18-10-14(15,16)17/h3-10H2,1-2H3,(H2,18,19,22). The van der Waals surface area contributed by atoms with E-state index < -0.39 is 24.3 Å². The molecule has 0 heterocycles. The summed E-state index contributed by atoms with van der Waals surface area (Å²) in [7, 11) is 0. The van der Waals surface area contributed by atoms with Crippen LogP contribution >= 0.6 is 0 Å². The van der Waals surface area contributed by atoms with Crippen LogP contribution in [0.15, 0.2) is 0 Å². The molecule has 0 aromatic carbocycles. The Balaban J connectivity index is 2.79. The number of hydrogen-bond acceptors (Lipinski definition) is 2. The van der Waals surface area contributed by atoms with Gasteiger partial charge in [0.2, 0.25) is 5.91 Å². The summed E-state index contributed by atoms with van der Waals surface area (Å²) < 4.78 is 36.5. The van der Waals surface area contributed by atoms with Gasteiger partial charge in [-0.15, -0.1) is 0 Å². The topological polar surface area (TPSA) is 61.4 Å². The molecule has 1 aliphatic carbocycles. The first-order chi connectivity index (χ1) is 10.2. The van der Waals surface area contributed by atoms with E-state index >= 15 is 0 Å². The first-order valence-electron chi connectivity index (χ1n) is 7.66. The van der Waals surface area contributed by atoms with E-state index in [1.165, 1.54) is 0 Å². The summed E-state index contributed by atoms with van der Waals surface area (Å²) in [6.07, 6.45) is -1.05. The third kappa shape index (κ3) is 5.06. The van der Waals surface area contributed by atoms with E-state index in [1.807, 2.05) is 13.8 Å². The van der Waals surface area contributed by atoms with Gasteiger partial charge in [-0.3, -0.25) is 4.79 Å². The number of halogens is 3. The van der Waals surface area contributed by atoms with Crippen LogP contribution in [0.3, 0.4) is 0 Å². The summed E-state index contributed by atoms with van der Waals surface area (Å²) in [5, 5.41) is 4.29. The van der Waals surface area contributed by atoms with Gasteiger partial charge in [-0.05, 0) is 26.7 Å². The Morgan fingerprint density at radius 1 is 1.09 bits per heavy atom. The number of alkyl halides is 3. The van der Waals surface area contributed by atoms with Crippen LogP contribution in [-0.2, 0) is 4.79 Å². The molecule has 0 radical (unpaired) electrons. The molecule has 0 aromatic rings. The fourth-order valence-corrected chi connectivity index (χ4v) is 2.80. The molecule has 0 spiro atoms. The van der Waals surface area contributed by atoms with Crippen molar-refractivity contribution in [3.63, 3.8) is 0 Å². The number of carbonyl (C=O) groups excluding carboxylic acids is 2. The molecular weight excluding hydrogens is 299 g/mol. The zero-order chi connectivity index (χ0) is 16.8. The van der Waals surface area contributed by atoms with E-state index in [4.69, 9.17) is 0 Å². The Morgan fingerprint density at radius 3 is 2.09 bits per heavy atom. The molecule has 22 heavy (non-hydrogen) atoms. The Kier molecular flexibility index (Phi) is 6.49. The molecule has 3 amide bonds. The van der Waals surface area contributed by atoms with Gasteiger partial charge in [0.15, 0.2) is 0 Å². The molecule has 1 saturated carbocycles. The number of urea groups is 1. The quantitative estimate of drug-likeness (QED) is 0.816. The van der Waals surface area contributed by atoms with Crippen molar-refractivity contribution < 1.29 is 22.8 Å². The molecule has 0 aliphatic heterocycles. The highest BCUT2D eigenvalue weighted by Crippen LogP contribution is 2.30. The third-order valence-electron chi connectivity index (χ3n) is 3.97. The smallest absolute Gasteiger partial charge is 0.341 e. The van der Waals surface area contributed by atoms with E-state index in [1.54, 1.807) is 10.2 Å². The largest absolute Gasteiger partial charge is 0.405 e. The molecule has 5 nitrogen and oxygen atoms in total. The van der Waals surface area contributed by atoms with E-state index in [9.17, 15) is 22.8 Å². The minimum absolute atomic E-state index is 0.209. The van der Waals surface area contributed by atoms with E-state index in [0.29, 0.717) is 25.9 Å². The van der Waals surface area contributed by atoms with Crippen LogP contribution in [0, 0.1) is 0 Å². The molecule has 0 saturated heterocycles. The summed E-state index contributed by atoms with van der Waals surface area (Å²) in [5.74, 6) is -0.209. The maximum absolute atomic E-state index is 12.7.